The summed E-state index contributed by atoms with van der Waals surface area (Å²) in [6.45, 7) is 5.72. The van der Waals surface area contributed by atoms with Crippen LogP contribution in [0.4, 0.5) is 5.82 Å². The van der Waals surface area contributed by atoms with Crippen LogP contribution in [0.3, 0.4) is 0 Å². The predicted octanol–water partition coefficient (Wildman–Crippen LogP) is 3.44. The molecule has 0 bridgehead atoms. The number of hydrogen-bond acceptors (Lipinski definition) is 7. The van der Waals surface area contributed by atoms with Gasteiger partial charge in [-0.1, -0.05) is 0 Å². The summed E-state index contributed by atoms with van der Waals surface area (Å²) in [5.74, 6) is 2.47. The summed E-state index contributed by atoms with van der Waals surface area (Å²) in [5.41, 5.74) is 1.96. The highest BCUT2D eigenvalue weighted by molar-refractivity contribution is 5.84. The summed E-state index contributed by atoms with van der Waals surface area (Å²) in [7, 11) is 3.56. The third-order valence-corrected chi connectivity index (χ3v) is 5.96. The first kappa shape index (κ1) is 20.2. The molecule has 0 aliphatic carbocycles. The molecule has 0 aromatic carbocycles. The number of fused-ring (bicyclic) bond motifs is 1. The lowest BCUT2D eigenvalue weighted by atomic mass is 9.90. The summed E-state index contributed by atoms with van der Waals surface area (Å²) in [4.78, 5) is 11.9. The van der Waals surface area contributed by atoms with Gasteiger partial charge < -0.3 is 24.4 Å². The Labute approximate surface area is 172 Å². The van der Waals surface area contributed by atoms with Gasteiger partial charge in [-0.3, -0.25) is 0 Å². The maximum Gasteiger partial charge on any atom is 0.259 e. The molecule has 2 aliphatic rings. The van der Waals surface area contributed by atoms with Crippen molar-refractivity contribution < 1.29 is 14.2 Å². The third kappa shape index (κ3) is 4.73. The number of ether oxygens (including phenoxy) is 3. The van der Waals surface area contributed by atoms with Crippen LogP contribution in [-0.2, 0) is 4.74 Å². The summed E-state index contributed by atoms with van der Waals surface area (Å²) in [6, 6.07) is 4.17. The van der Waals surface area contributed by atoms with Crippen molar-refractivity contribution in [1.82, 2.24) is 14.9 Å². The zero-order valence-electron chi connectivity index (χ0n) is 17.6. The van der Waals surface area contributed by atoms with E-state index in [9.17, 15) is 0 Å². The second-order valence-corrected chi connectivity index (χ2v) is 7.85. The van der Waals surface area contributed by atoms with E-state index in [1.165, 1.54) is 31.5 Å². The third-order valence-electron chi connectivity index (χ3n) is 5.96. The summed E-state index contributed by atoms with van der Waals surface area (Å²) in [6.07, 6.45) is 5.64. The molecule has 4 heterocycles. The standard InChI is InChI=1S/C22H32N4O3/c1-23-20-15-17(16-6-12-28-13-7-16)18-14-19(27-2)22(25-21(18)24-20)29-11-5-10-26-8-3-4-9-26/h14-16H,3-13H2,1-2H3,(H,23,24,25). The molecule has 7 heteroatoms. The van der Waals surface area contributed by atoms with Crippen molar-refractivity contribution in [1.29, 1.82) is 0 Å². The van der Waals surface area contributed by atoms with Crippen molar-refractivity contribution in [3.05, 3.63) is 17.7 Å². The molecule has 158 valence electrons. The maximum absolute atomic E-state index is 6.01. The van der Waals surface area contributed by atoms with E-state index in [2.05, 4.69) is 21.3 Å². The fraction of sp³-hybridized carbons (Fsp3) is 0.636. The fourth-order valence-electron chi connectivity index (χ4n) is 4.33. The molecule has 2 saturated heterocycles. The normalized spacial score (nSPS) is 18.3. The zero-order valence-corrected chi connectivity index (χ0v) is 17.6. The molecule has 4 rings (SSSR count). The number of nitrogens with zero attached hydrogens (tertiary/aromatic N) is 3. The molecule has 2 fully saturated rings. The Hall–Kier alpha value is -2.12. The molecule has 0 spiro atoms. The first-order chi connectivity index (χ1) is 14.3. The van der Waals surface area contributed by atoms with Crippen LogP contribution in [0.2, 0.25) is 0 Å². The largest absolute Gasteiger partial charge is 0.491 e. The summed E-state index contributed by atoms with van der Waals surface area (Å²) >= 11 is 0. The molecule has 0 radical (unpaired) electrons. The first-order valence-corrected chi connectivity index (χ1v) is 10.8. The Morgan fingerprint density at radius 2 is 1.97 bits per heavy atom. The molecule has 0 amide bonds. The number of methoxy groups -OCH3 is 1. The molecular formula is C22H32N4O3. The van der Waals surface area contributed by atoms with E-state index in [4.69, 9.17) is 19.2 Å². The average molecular weight is 401 g/mol. The lowest BCUT2D eigenvalue weighted by Gasteiger charge is -2.24. The van der Waals surface area contributed by atoms with Crippen molar-refractivity contribution in [2.24, 2.45) is 0 Å². The van der Waals surface area contributed by atoms with E-state index < -0.39 is 0 Å². The topological polar surface area (TPSA) is 68.7 Å². The molecule has 0 unspecified atom stereocenters. The second kappa shape index (κ2) is 9.59. The van der Waals surface area contributed by atoms with E-state index in [-0.39, 0.29) is 0 Å². The molecule has 2 aromatic heterocycles. The van der Waals surface area contributed by atoms with Gasteiger partial charge in [0.2, 0.25) is 0 Å². The van der Waals surface area contributed by atoms with E-state index in [1.807, 2.05) is 13.1 Å². The van der Waals surface area contributed by atoms with Crippen molar-refractivity contribution in [3.63, 3.8) is 0 Å². The van der Waals surface area contributed by atoms with Gasteiger partial charge in [-0.25, -0.2) is 4.98 Å². The molecule has 2 aliphatic heterocycles. The number of pyridine rings is 2. The Morgan fingerprint density at radius 1 is 1.17 bits per heavy atom. The highest BCUT2D eigenvalue weighted by atomic mass is 16.5. The highest BCUT2D eigenvalue weighted by Crippen LogP contribution is 2.37. The fourth-order valence-corrected chi connectivity index (χ4v) is 4.33. The molecule has 7 nitrogen and oxygen atoms in total. The van der Waals surface area contributed by atoms with Gasteiger partial charge in [0, 0.05) is 32.2 Å². The monoisotopic (exact) mass is 400 g/mol. The van der Waals surface area contributed by atoms with Crippen LogP contribution in [0.15, 0.2) is 12.1 Å². The summed E-state index contributed by atoms with van der Waals surface area (Å²) < 4.78 is 17.2. The van der Waals surface area contributed by atoms with E-state index >= 15 is 0 Å². The average Bonchev–Trinajstić information content (AvgIpc) is 3.29. The van der Waals surface area contributed by atoms with Crippen LogP contribution in [0.1, 0.15) is 43.6 Å². The Balaban J connectivity index is 1.56. The van der Waals surface area contributed by atoms with Gasteiger partial charge >= 0.3 is 0 Å². The lowest BCUT2D eigenvalue weighted by Crippen LogP contribution is -2.22. The number of anilines is 1. The Kier molecular flexibility index (Phi) is 6.67. The van der Waals surface area contributed by atoms with Gasteiger partial charge in [-0.2, -0.15) is 4.98 Å². The van der Waals surface area contributed by atoms with Gasteiger partial charge in [-0.15, -0.1) is 0 Å². The van der Waals surface area contributed by atoms with Gasteiger partial charge in [0.15, 0.2) is 11.4 Å². The molecule has 2 aromatic rings. The predicted molar refractivity (Wildman–Crippen MR) is 114 cm³/mol. The molecule has 29 heavy (non-hydrogen) atoms. The SMILES string of the molecule is CNc1cc(C2CCOCC2)c2cc(OC)c(OCCCN3CCCC3)nc2n1. The smallest absolute Gasteiger partial charge is 0.259 e. The highest BCUT2D eigenvalue weighted by Gasteiger charge is 2.22. The van der Waals surface area contributed by atoms with Crippen LogP contribution >= 0.6 is 0 Å². The summed E-state index contributed by atoms with van der Waals surface area (Å²) in [5, 5.41) is 4.21. The van der Waals surface area contributed by atoms with Crippen LogP contribution in [-0.4, -0.2) is 68.5 Å². The Morgan fingerprint density at radius 3 is 2.69 bits per heavy atom. The second-order valence-electron chi connectivity index (χ2n) is 7.85. The number of aromatic nitrogens is 2. The number of nitrogens with one attached hydrogen (secondary N) is 1. The molecule has 1 N–H and O–H groups in total. The van der Waals surface area contributed by atoms with E-state index in [1.54, 1.807) is 7.11 Å². The van der Waals surface area contributed by atoms with Gasteiger partial charge in [-0.05, 0) is 68.8 Å². The van der Waals surface area contributed by atoms with E-state index in [0.29, 0.717) is 29.8 Å². The molecular weight excluding hydrogens is 368 g/mol. The lowest BCUT2D eigenvalue weighted by molar-refractivity contribution is 0.0856. The van der Waals surface area contributed by atoms with Crippen molar-refractivity contribution in [2.75, 3.05) is 58.9 Å². The van der Waals surface area contributed by atoms with Crippen molar-refractivity contribution >= 4 is 16.9 Å². The minimum Gasteiger partial charge on any atom is -0.491 e. The zero-order chi connectivity index (χ0) is 20.1. The minimum absolute atomic E-state index is 0.445. The van der Waals surface area contributed by atoms with Crippen LogP contribution in [0.5, 0.6) is 11.6 Å². The van der Waals surface area contributed by atoms with Gasteiger partial charge in [0.05, 0.1) is 13.7 Å². The van der Waals surface area contributed by atoms with Crippen molar-refractivity contribution in [2.45, 2.75) is 38.0 Å². The minimum atomic E-state index is 0.445. The van der Waals surface area contributed by atoms with E-state index in [0.717, 1.165) is 50.2 Å². The van der Waals surface area contributed by atoms with Gasteiger partial charge in [0.25, 0.3) is 5.88 Å². The quantitative estimate of drug-likeness (QED) is 0.681. The maximum atomic E-state index is 6.01. The molecule has 0 saturated carbocycles. The Bertz CT molecular complexity index is 817. The van der Waals surface area contributed by atoms with Crippen molar-refractivity contribution in [3.8, 4) is 11.6 Å². The first-order valence-electron chi connectivity index (χ1n) is 10.8. The van der Waals surface area contributed by atoms with Gasteiger partial charge in [0.1, 0.15) is 5.82 Å². The van der Waals surface area contributed by atoms with Crippen LogP contribution in [0, 0.1) is 0 Å². The van der Waals surface area contributed by atoms with Crippen LogP contribution in [0.25, 0.3) is 11.0 Å². The van der Waals surface area contributed by atoms with Crippen LogP contribution < -0.4 is 14.8 Å². The molecule has 0 atom stereocenters. The number of rotatable bonds is 8. The number of hydrogen-bond donors (Lipinski definition) is 1. The number of likely N-dealkylation sites (tertiary alicyclic amines) is 1.